The summed E-state index contributed by atoms with van der Waals surface area (Å²) >= 11 is 0. The van der Waals surface area contributed by atoms with Crippen molar-refractivity contribution in [1.82, 2.24) is 15.0 Å². The highest BCUT2D eigenvalue weighted by molar-refractivity contribution is 6.12. The highest BCUT2D eigenvalue weighted by Gasteiger charge is 2.22. The number of hydrogen-bond donors (Lipinski definition) is 0. The number of benzene rings is 6. The van der Waals surface area contributed by atoms with Crippen molar-refractivity contribution in [3.05, 3.63) is 127 Å². The van der Waals surface area contributed by atoms with Gasteiger partial charge >= 0.3 is 0 Å². The van der Waals surface area contributed by atoms with Crippen LogP contribution in [0.25, 0.3) is 88.8 Å². The number of oxazole rings is 1. The summed E-state index contributed by atoms with van der Waals surface area (Å²) < 4.78 is 12.7. The average Bonchev–Trinajstić information content (AvgIpc) is 3.66. The van der Waals surface area contributed by atoms with E-state index < -0.39 is 0 Å². The van der Waals surface area contributed by atoms with Crippen molar-refractivity contribution < 1.29 is 8.83 Å². The lowest BCUT2D eigenvalue weighted by Gasteiger charge is -2.12. The summed E-state index contributed by atoms with van der Waals surface area (Å²) in [5.74, 6) is 0.571. The fourth-order valence-corrected chi connectivity index (χ4v) is 5.89. The Kier molecular flexibility index (Phi) is 4.83. The first-order chi connectivity index (χ1) is 20.8. The molecule has 0 bridgehead atoms. The van der Waals surface area contributed by atoms with Crippen molar-refractivity contribution in [2.45, 2.75) is 0 Å². The molecule has 0 saturated heterocycles. The summed E-state index contributed by atoms with van der Waals surface area (Å²) in [5, 5.41) is 4.22. The summed E-state index contributed by atoms with van der Waals surface area (Å²) in [4.78, 5) is 15.4. The normalized spacial score (nSPS) is 11.8. The van der Waals surface area contributed by atoms with Crippen LogP contribution in [-0.4, -0.2) is 15.0 Å². The number of hydrogen-bond acceptors (Lipinski definition) is 5. The molecule has 196 valence electrons. The minimum Gasteiger partial charge on any atom is -0.456 e. The first-order valence-electron chi connectivity index (χ1n) is 13.9. The van der Waals surface area contributed by atoms with Crippen molar-refractivity contribution in [3.8, 4) is 34.0 Å². The maximum absolute atomic E-state index is 6.48. The SMILES string of the molecule is c1ccc(-c2nc3c(-c4nc5ccccc5nc4-c4ccc5c(c4)oc4ccccc45)cc4ccccc4c3o2)cc1. The maximum Gasteiger partial charge on any atom is 0.227 e. The molecule has 0 aliphatic rings. The van der Waals surface area contributed by atoms with Crippen molar-refractivity contribution >= 4 is 54.8 Å². The van der Waals surface area contributed by atoms with Crippen molar-refractivity contribution in [1.29, 1.82) is 0 Å². The van der Waals surface area contributed by atoms with Crippen LogP contribution in [0.2, 0.25) is 0 Å². The molecule has 5 nitrogen and oxygen atoms in total. The van der Waals surface area contributed by atoms with Gasteiger partial charge < -0.3 is 8.83 Å². The quantitative estimate of drug-likeness (QED) is 0.224. The van der Waals surface area contributed by atoms with Crippen LogP contribution in [0.1, 0.15) is 0 Å². The second kappa shape index (κ2) is 8.85. The number of fused-ring (bicyclic) bond motifs is 7. The predicted octanol–water partition coefficient (Wildman–Crippen LogP) is 9.82. The monoisotopic (exact) mass is 539 g/mol. The molecule has 0 aliphatic carbocycles. The molecule has 0 saturated carbocycles. The average molecular weight is 540 g/mol. The van der Waals surface area contributed by atoms with E-state index in [-0.39, 0.29) is 0 Å². The molecular weight excluding hydrogens is 518 g/mol. The lowest BCUT2D eigenvalue weighted by Crippen LogP contribution is -1.96. The Morgan fingerprint density at radius 2 is 1.14 bits per heavy atom. The third-order valence-corrected chi connectivity index (χ3v) is 7.89. The van der Waals surface area contributed by atoms with Gasteiger partial charge in [0.25, 0.3) is 0 Å². The molecule has 0 N–H and O–H groups in total. The van der Waals surface area contributed by atoms with E-state index in [0.29, 0.717) is 5.89 Å². The molecule has 0 fully saturated rings. The molecular formula is C37H21N3O2. The van der Waals surface area contributed by atoms with Crippen LogP contribution < -0.4 is 0 Å². The lowest BCUT2D eigenvalue weighted by molar-refractivity contribution is 0.623. The molecule has 3 heterocycles. The lowest BCUT2D eigenvalue weighted by atomic mass is 9.98. The molecule has 9 aromatic rings. The van der Waals surface area contributed by atoms with E-state index in [1.54, 1.807) is 0 Å². The number of furan rings is 1. The second-order valence-corrected chi connectivity index (χ2v) is 10.4. The molecule has 0 radical (unpaired) electrons. The molecule has 6 aromatic carbocycles. The second-order valence-electron chi connectivity index (χ2n) is 10.4. The van der Waals surface area contributed by atoms with Gasteiger partial charge in [0.2, 0.25) is 5.89 Å². The zero-order valence-corrected chi connectivity index (χ0v) is 22.3. The van der Waals surface area contributed by atoms with Crippen LogP contribution in [-0.2, 0) is 0 Å². The summed E-state index contributed by atoms with van der Waals surface area (Å²) in [5.41, 5.74) is 9.01. The first-order valence-corrected chi connectivity index (χ1v) is 13.9. The minimum atomic E-state index is 0.571. The van der Waals surface area contributed by atoms with Crippen LogP contribution in [0.4, 0.5) is 0 Å². The third kappa shape index (κ3) is 3.47. The van der Waals surface area contributed by atoms with E-state index >= 15 is 0 Å². The van der Waals surface area contributed by atoms with Gasteiger partial charge in [-0.1, -0.05) is 78.9 Å². The van der Waals surface area contributed by atoms with Gasteiger partial charge in [-0.05, 0) is 53.9 Å². The first kappa shape index (κ1) is 22.9. The van der Waals surface area contributed by atoms with Crippen molar-refractivity contribution in [2.75, 3.05) is 0 Å². The van der Waals surface area contributed by atoms with Crippen LogP contribution in [0.5, 0.6) is 0 Å². The van der Waals surface area contributed by atoms with Gasteiger partial charge in [0.05, 0.1) is 22.4 Å². The van der Waals surface area contributed by atoms with Crippen LogP contribution in [0.15, 0.2) is 136 Å². The fraction of sp³-hybridized carbons (Fsp3) is 0. The molecule has 9 rings (SSSR count). The Morgan fingerprint density at radius 1 is 0.452 bits per heavy atom. The van der Waals surface area contributed by atoms with E-state index in [2.05, 4.69) is 42.5 Å². The Balaban J connectivity index is 1.36. The third-order valence-electron chi connectivity index (χ3n) is 7.89. The number of para-hydroxylation sites is 3. The van der Waals surface area contributed by atoms with E-state index in [4.69, 9.17) is 23.8 Å². The molecule has 0 atom stereocenters. The molecule has 0 aliphatic heterocycles. The van der Waals surface area contributed by atoms with Gasteiger partial charge in [-0.2, -0.15) is 0 Å². The van der Waals surface area contributed by atoms with Crippen LogP contribution in [0, 0.1) is 0 Å². The molecule has 3 aromatic heterocycles. The van der Waals surface area contributed by atoms with Gasteiger partial charge in [0.1, 0.15) is 16.7 Å². The minimum absolute atomic E-state index is 0.571. The van der Waals surface area contributed by atoms with E-state index in [9.17, 15) is 0 Å². The number of aromatic nitrogens is 3. The Morgan fingerprint density at radius 3 is 2.00 bits per heavy atom. The van der Waals surface area contributed by atoms with Gasteiger partial charge in [-0.15, -0.1) is 0 Å². The fourth-order valence-electron chi connectivity index (χ4n) is 5.89. The van der Waals surface area contributed by atoms with Gasteiger partial charge in [-0.3, -0.25) is 0 Å². The van der Waals surface area contributed by atoms with E-state index in [1.807, 2.05) is 84.9 Å². The zero-order valence-electron chi connectivity index (χ0n) is 22.3. The van der Waals surface area contributed by atoms with Gasteiger partial charge in [0.15, 0.2) is 5.58 Å². The maximum atomic E-state index is 6.48. The highest BCUT2D eigenvalue weighted by Crippen LogP contribution is 2.41. The number of nitrogens with zero attached hydrogens (tertiary/aromatic N) is 3. The standard InChI is InChI=1S/C37H21N3O2/c1-2-10-22(11-3-1)37-40-35-28(20-23-12-4-5-13-25(23)36(35)42-37)34-33(38-29-15-7-8-16-30(29)39-34)24-18-19-27-26-14-6-9-17-31(26)41-32(27)21-24/h1-21H. The molecule has 0 amide bonds. The highest BCUT2D eigenvalue weighted by atomic mass is 16.3. The largest absolute Gasteiger partial charge is 0.456 e. The Labute approximate surface area is 239 Å². The van der Waals surface area contributed by atoms with Crippen LogP contribution in [0.3, 0.4) is 0 Å². The van der Waals surface area contributed by atoms with E-state index in [1.165, 1.54) is 0 Å². The van der Waals surface area contributed by atoms with Crippen molar-refractivity contribution in [2.24, 2.45) is 0 Å². The van der Waals surface area contributed by atoms with Gasteiger partial charge in [-0.25, -0.2) is 15.0 Å². The number of rotatable bonds is 3. The summed E-state index contributed by atoms with van der Waals surface area (Å²) in [6.07, 6.45) is 0. The smallest absolute Gasteiger partial charge is 0.227 e. The summed E-state index contributed by atoms with van der Waals surface area (Å²) in [7, 11) is 0. The molecule has 0 unspecified atom stereocenters. The molecule has 0 spiro atoms. The molecule has 42 heavy (non-hydrogen) atoms. The van der Waals surface area contributed by atoms with E-state index in [0.717, 1.165) is 82.9 Å². The summed E-state index contributed by atoms with van der Waals surface area (Å²) in [6, 6.07) is 42.7. The Hall–Kier alpha value is -5.81. The topological polar surface area (TPSA) is 65.0 Å². The Bertz CT molecular complexity index is 2470. The summed E-state index contributed by atoms with van der Waals surface area (Å²) in [6.45, 7) is 0. The van der Waals surface area contributed by atoms with Crippen molar-refractivity contribution in [3.63, 3.8) is 0 Å². The van der Waals surface area contributed by atoms with Crippen LogP contribution >= 0.6 is 0 Å². The molecule has 5 heteroatoms. The zero-order chi connectivity index (χ0) is 27.6. The van der Waals surface area contributed by atoms with Gasteiger partial charge in [0, 0.05) is 32.8 Å². The predicted molar refractivity (Wildman–Crippen MR) is 168 cm³/mol.